The molecule has 174 valence electrons. The number of benzene rings is 2. The van der Waals surface area contributed by atoms with Crippen LogP contribution in [0.5, 0.6) is 5.75 Å². The van der Waals surface area contributed by atoms with Crippen LogP contribution in [0.1, 0.15) is 81.4 Å². The van der Waals surface area contributed by atoms with E-state index in [4.69, 9.17) is 4.74 Å². The fraction of sp³-hybridized carbons (Fsp3) is 0.500. The van der Waals surface area contributed by atoms with Gasteiger partial charge in [0.2, 0.25) is 5.82 Å². The maximum absolute atomic E-state index is 14.3. The van der Waals surface area contributed by atoms with Gasteiger partial charge in [-0.05, 0) is 99.8 Å². The molecular weight excluding hydrogens is 409 g/mol. The maximum Gasteiger partial charge on any atom is 0.200 e. The Balaban J connectivity index is 1.47. The van der Waals surface area contributed by atoms with Crippen LogP contribution in [0.15, 0.2) is 48.3 Å². The van der Waals surface area contributed by atoms with E-state index in [0.29, 0.717) is 30.9 Å². The van der Waals surface area contributed by atoms with Crippen LogP contribution in [0.2, 0.25) is 0 Å². The van der Waals surface area contributed by atoms with Gasteiger partial charge in [0.1, 0.15) is 0 Å². The maximum atomic E-state index is 14.3. The number of unbranched alkanes of at least 4 members (excludes halogenated alkanes) is 1. The molecule has 0 atom stereocenters. The molecule has 0 amide bonds. The van der Waals surface area contributed by atoms with Crippen LogP contribution in [0.3, 0.4) is 0 Å². The molecule has 1 fully saturated rings. The number of allylic oxidation sites excluding steroid dienone is 2. The lowest BCUT2D eigenvalue weighted by Crippen LogP contribution is -2.13. The first-order valence-corrected chi connectivity index (χ1v) is 12.0. The van der Waals surface area contributed by atoms with Crippen molar-refractivity contribution in [2.75, 3.05) is 6.61 Å². The topological polar surface area (TPSA) is 9.23 Å². The van der Waals surface area contributed by atoms with Crippen LogP contribution in [-0.4, -0.2) is 6.61 Å². The van der Waals surface area contributed by atoms with Gasteiger partial charge in [-0.15, -0.1) is 0 Å². The summed E-state index contributed by atoms with van der Waals surface area (Å²) in [6.45, 7) is 3.56. The van der Waals surface area contributed by atoms with Gasteiger partial charge in [-0.2, -0.15) is 4.39 Å². The second kappa shape index (κ2) is 12.1. The van der Waals surface area contributed by atoms with Crippen molar-refractivity contribution in [1.82, 2.24) is 0 Å². The van der Waals surface area contributed by atoms with Gasteiger partial charge in [-0.25, -0.2) is 8.78 Å². The SMILES string of the molecule is CCOc1ccc(CCc2ccc(C3CCC(CCCC=C(C)F)CC3)cc2)c(F)c1F. The van der Waals surface area contributed by atoms with Crippen molar-refractivity contribution in [3.63, 3.8) is 0 Å². The summed E-state index contributed by atoms with van der Waals surface area (Å²) >= 11 is 0. The Morgan fingerprint density at radius 3 is 2.34 bits per heavy atom. The van der Waals surface area contributed by atoms with Gasteiger partial charge < -0.3 is 4.74 Å². The average Bonchev–Trinajstić information content (AvgIpc) is 2.80. The van der Waals surface area contributed by atoms with Crippen molar-refractivity contribution in [2.45, 2.75) is 77.6 Å². The minimum absolute atomic E-state index is 0.0282. The Morgan fingerprint density at radius 2 is 1.69 bits per heavy atom. The molecule has 32 heavy (non-hydrogen) atoms. The van der Waals surface area contributed by atoms with Crippen molar-refractivity contribution in [3.8, 4) is 5.75 Å². The zero-order valence-corrected chi connectivity index (χ0v) is 19.3. The van der Waals surface area contributed by atoms with Crippen LogP contribution < -0.4 is 4.74 Å². The standard InChI is InChI=1S/C28H35F3O/c1-3-32-26-19-18-25(27(30)28(26)31)17-12-22-10-15-24(16-11-22)23-13-8-21(9-14-23)7-5-4-6-20(2)29/h6,10-11,15-16,18-19,21,23H,3-5,7-9,12-14,17H2,1-2H3. The smallest absolute Gasteiger partial charge is 0.200 e. The lowest BCUT2D eigenvalue weighted by molar-refractivity contribution is 0.305. The van der Waals surface area contributed by atoms with E-state index in [1.54, 1.807) is 19.1 Å². The van der Waals surface area contributed by atoms with E-state index in [-0.39, 0.29) is 11.6 Å². The number of ether oxygens (including phenoxy) is 1. The molecule has 0 spiro atoms. The summed E-state index contributed by atoms with van der Waals surface area (Å²) in [4.78, 5) is 0. The highest BCUT2D eigenvalue weighted by Gasteiger charge is 2.22. The molecule has 1 saturated carbocycles. The minimum atomic E-state index is -0.899. The number of hydrogen-bond acceptors (Lipinski definition) is 1. The Bertz CT molecular complexity index is 876. The first-order chi connectivity index (χ1) is 15.5. The summed E-state index contributed by atoms with van der Waals surface area (Å²) < 4.78 is 46.2. The third-order valence-electron chi connectivity index (χ3n) is 6.65. The van der Waals surface area contributed by atoms with Crippen molar-refractivity contribution in [1.29, 1.82) is 0 Å². The highest BCUT2D eigenvalue weighted by molar-refractivity contribution is 5.32. The van der Waals surface area contributed by atoms with Crippen molar-refractivity contribution in [2.24, 2.45) is 5.92 Å². The van der Waals surface area contributed by atoms with Crippen LogP contribution in [0, 0.1) is 17.6 Å². The third-order valence-corrected chi connectivity index (χ3v) is 6.65. The summed E-state index contributed by atoms with van der Waals surface area (Å²) in [5, 5.41) is 0. The highest BCUT2D eigenvalue weighted by Crippen LogP contribution is 2.37. The molecule has 4 heteroatoms. The molecule has 0 bridgehead atoms. The number of halogens is 3. The molecule has 1 aliphatic carbocycles. The first-order valence-electron chi connectivity index (χ1n) is 12.0. The van der Waals surface area contributed by atoms with E-state index < -0.39 is 11.6 Å². The Morgan fingerprint density at radius 1 is 0.969 bits per heavy atom. The van der Waals surface area contributed by atoms with E-state index in [1.807, 2.05) is 0 Å². The highest BCUT2D eigenvalue weighted by atomic mass is 19.2. The van der Waals surface area contributed by atoms with Gasteiger partial charge in [0.25, 0.3) is 0 Å². The average molecular weight is 445 g/mol. The van der Waals surface area contributed by atoms with Crippen LogP contribution in [0.4, 0.5) is 13.2 Å². The molecule has 0 aromatic heterocycles. The largest absolute Gasteiger partial charge is 0.491 e. The van der Waals surface area contributed by atoms with Crippen molar-refractivity contribution >= 4 is 0 Å². The monoisotopic (exact) mass is 444 g/mol. The Labute approximate surface area is 190 Å². The van der Waals surface area contributed by atoms with E-state index in [2.05, 4.69) is 24.3 Å². The van der Waals surface area contributed by atoms with E-state index in [1.165, 1.54) is 50.7 Å². The quantitative estimate of drug-likeness (QED) is 0.334. The van der Waals surface area contributed by atoms with Gasteiger partial charge >= 0.3 is 0 Å². The molecule has 0 radical (unpaired) electrons. The summed E-state index contributed by atoms with van der Waals surface area (Å²) in [6.07, 6.45) is 10.8. The van der Waals surface area contributed by atoms with Gasteiger partial charge in [0.15, 0.2) is 11.6 Å². The lowest BCUT2D eigenvalue weighted by atomic mass is 9.77. The van der Waals surface area contributed by atoms with Gasteiger partial charge in [0.05, 0.1) is 12.4 Å². The normalized spacial score (nSPS) is 19.2. The van der Waals surface area contributed by atoms with Crippen molar-refractivity contribution in [3.05, 3.63) is 76.6 Å². The van der Waals surface area contributed by atoms with Crippen LogP contribution >= 0.6 is 0 Å². The molecule has 0 unspecified atom stereocenters. The molecule has 1 nitrogen and oxygen atoms in total. The van der Waals surface area contributed by atoms with E-state index >= 15 is 0 Å². The summed E-state index contributed by atoms with van der Waals surface area (Å²) in [6, 6.07) is 11.8. The fourth-order valence-electron chi connectivity index (χ4n) is 4.76. The Kier molecular flexibility index (Phi) is 9.25. The molecular formula is C28H35F3O. The molecule has 3 rings (SSSR count). The van der Waals surface area contributed by atoms with Crippen LogP contribution in [-0.2, 0) is 12.8 Å². The summed E-state index contributed by atoms with van der Waals surface area (Å²) in [5.41, 5.74) is 2.89. The number of rotatable bonds is 10. The van der Waals surface area contributed by atoms with Crippen molar-refractivity contribution < 1.29 is 17.9 Å². The fourth-order valence-corrected chi connectivity index (χ4v) is 4.76. The predicted molar refractivity (Wildman–Crippen MR) is 125 cm³/mol. The van der Waals surface area contributed by atoms with Gasteiger partial charge in [0, 0.05) is 0 Å². The van der Waals surface area contributed by atoms with Gasteiger partial charge in [-0.3, -0.25) is 0 Å². The minimum Gasteiger partial charge on any atom is -0.491 e. The third kappa shape index (κ3) is 6.88. The van der Waals surface area contributed by atoms with Gasteiger partial charge in [-0.1, -0.05) is 42.8 Å². The molecule has 2 aromatic carbocycles. The second-order valence-corrected chi connectivity index (χ2v) is 8.96. The molecule has 0 saturated heterocycles. The summed E-state index contributed by atoms with van der Waals surface area (Å²) in [7, 11) is 0. The summed E-state index contributed by atoms with van der Waals surface area (Å²) in [5.74, 6) is -0.438. The number of hydrogen-bond donors (Lipinski definition) is 0. The molecule has 0 aliphatic heterocycles. The van der Waals surface area contributed by atoms with E-state index in [9.17, 15) is 13.2 Å². The second-order valence-electron chi connectivity index (χ2n) is 8.96. The zero-order valence-electron chi connectivity index (χ0n) is 19.3. The van der Waals surface area contributed by atoms with E-state index in [0.717, 1.165) is 24.3 Å². The lowest BCUT2D eigenvalue weighted by Gasteiger charge is -2.29. The number of aryl methyl sites for hydroxylation is 2. The molecule has 2 aromatic rings. The van der Waals surface area contributed by atoms with Crippen LogP contribution in [0.25, 0.3) is 0 Å². The molecule has 0 heterocycles. The zero-order chi connectivity index (χ0) is 22.9. The molecule has 1 aliphatic rings. The molecule has 0 N–H and O–H groups in total. The first kappa shape index (κ1) is 24.4. The predicted octanol–water partition coefficient (Wildman–Crippen LogP) is 8.47. The Hall–Kier alpha value is -2.23.